The Labute approximate surface area is 137 Å². The van der Waals surface area contributed by atoms with Gasteiger partial charge in [-0.2, -0.15) is 18.4 Å². The molecule has 4 fully saturated rings. The van der Waals surface area contributed by atoms with Gasteiger partial charge in [-0.25, -0.2) is 0 Å². The van der Waals surface area contributed by atoms with Crippen molar-refractivity contribution in [2.75, 3.05) is 26.2 Å². The van der Waals surface area contributed by atoms with Gasteiger partial charge in [-0.15, -0.1) is 0 Å². The van der Waals surface area contributed by atoms with E-state index in [9.17, 15) is 18.0 Å². The molecule has 1 amide bonds. The number of carbonyl (C=O) groups is 1. The first-order valence-corrected chi connectivity index (χ1v) is 7.97. The number of hydrogen-bond donors (Lipinski definition) is 0. The van der Waals surface area contributed by atoms with Crippen molar-refractivity contribution < 1.29 is 18.0 Å². The van der Waals surface area contributed by atoms with Gasteiger partial charge in [-0.3, -0.25) is 9.69 Å². The summed E-state index contributed by atoms with van der Waals surface area (Å²) in [6.45, 7) is 2.93. The molecule has 4 nitrogen and oxygen atoms in total. The third kappa shape index (κ3) is 2.28. The van der Waals surface area contributed by atoms with Crippen LogP contribution in [0.25, 0.3) is 0 Å². The Hall–Kier alpha value is -2.07. The number of hydrogen-bond acceptors (Lipinski definition) is 3. The van der Waals surface area contributed by atoms with Gasteiger partial charge in [0.15, 0.2) is 0 Å². The van der Waals surface area contributed by atoms with Gasteiger partial charge in [0.1, 0.15) is 0 Å². The fraction of sp³-hybridized carbons (Fsp3) is 0.529. The molecule has 0 unspecified atom stereocenters. The number of benzene rings is 1. The second-order valence-electron chi connectivity index (χ2n) is 7.08. The van der Waals surface area contributed by atoms with E-state index >= 15 is 0 Å². The van der Waals surface area contributed by atoms with Crippen LogP contribution in [0.5, 0.6) is 0 Å². The first-order chi connectivity index (χ1) is 11.3. The van der Waals surface area contributed by atoms with Crippen LogP contribution < -0.4 is 0 Å². The SMILES string of the molecule is N#Cc1cc(C(=O)N2CCN3CC4CC3(C4)C2)cc(C(F)(F)F)c1. The zero-order chi connectivity index (χ0) is 17.1. The largest absolute Gasteiger partial charge is 0.416 e. The topological polar surface area (TPSA) is 47.3 Å². The zero-order valence-electron chi connectivity index (χ0n) is 12.9. The normalized spacial score (nSPS) is 28.9. The molecule has 0 N–H and O–H groups in total. The molecule has 0 atom stereocenters. The Morgan fingerprint density at radius 2 is 2.00 bits per heavy atom. The molecule has 2 bridgehead atoms. The van der Waals surface area contributed by atoms with Crippen LogP contribution in [-0.2, 0) is 6.18 Å². The molecule has 0 aromatic heterocycles. The van der Waals surface area contributed by atoms with E-state index < -0.39 is 17.6 Å². The third-order valence-corrected chi connectivity index (χ3v) is 5.54. The highest BCUT2D eigenvalue weighted by atomic mass is 19.4. The number of amides is 1. The van der Waals surface area contributed by atoms with Crippen molar-refractivity contribution in [1.82, 2.24) is 9.80 Å². The fourth-order valence-electron chi connectivity index (χ4n) is 4.48. The van der Waals surface area contributed by atoms with Crippen molar-refractivity contribution in [1.29, 1.82) is 5.26 Å². The number of rotatable bonds is 1. The first-order valence-electron chi connectivity index (χ1n) is 7.97. The predicted molar refractivity (Wildman–Crippen MR) is 79.1 cm³/mol. The maximum atomic E-state index is 13.0. The minimum Gasteiger partial charge on any atom is -0.336 e. The van der Waals surface area contributed by atoms with E-state index in [0.717, 1.165) is 38.1 Å². The molecule has 3 saturated heterocycles. The summed E-state index contributed by atoms with van der Waals surface area (Å²) in [5.41, 5.74) is -1.11. The van der Waals surface area contributed by atoms with Crippen LogP contribution in [0.15, 0.2) is 18.2 Å². The van der Waals surface area contributed by atoms with Gasteiger partial charge in [-0.1, -0.05) is 0 Å². The summed E-state index contributed by atoms with van der Waals surface area (Å²) in [6.07, 6.45) is -2.43. The fourth-order valence-corrected chi connectivity index (χ4v) is 4.48. The van der Waals surface area contributed by atoms with Gasteiger partial charge in [-0.05, 0) is 37.0 Å². The van der Waals surface area contributed by atoms with Crippen LogP contribution in [0.1, 0.15) is 34.3 Å². The minimum atomic E-state index is -4.58. The van der Waals surface area contributed by atoms with Crippen molar-refractivity contribution >= 4 is 5.91 Å². The van der Waals surface area contributed by atoms with Gasteiger partial charge < -0.3 is 4.90 Å². The molecule has 7 heteroatoms. The van der Waals surface area contributed by atoms with Crippen LogP contribution in [0.2, 0.25) is 0 Å². The first kappa shape index (κ1) is 15.5. The quantitative estimate of drug-likeness (QED) is 0.792. The molecule has 24 heavy (non-hydrogen) atoms. The molecule has 1 aromatic rings. The van der Waals surface area contributed by atoms with Crippen molar-refractivity contribution in [3.63, 3.8) is 0 Å². The summed E-state index contributed by atoms with van der Waals surface area (Å²) < 4.78 is 39.0. The van der Waals surface area contributed by atoms with E-state index in [4.69, 9.17) is 5.26 Å². The number of piperazine rings is 1. The number of alkyl halides is 3. The molecular formula is C17H16F3N3O. The highest BCUT2D eigenvalue weighted by Crippen LogP contribution is 2.52. The summed E-state index contributed by atoms with van der Waals surface area (Å²) in [5.74, 6) is 0.292. The second-order valence-corrected chi connectivity index (χ2v) is 7.08. The summed E-state index contributed by atoms with van der Waals surface area (Å²) in [4.78, 5) is 16.8. The molecule has 4 aliphatic rings. The van der Waals surface area contributed by atoms with Crippen molar-refractivity contribution in [2.45, 2.75) is 24.6 Å². The Bertz CT molecular complexity index is 746. The highest BCUT2D eigenvalue weighted by Gasteiger charge is 2.58. The van der Waals surface area contributed by atoms with Crippen molar-refractivity contribution in [3.8, 4) is 6.07 Å². The van der Waals surface area contributed by atoms with Gasteiger partial charge in [0.25, 0.3) is 5.91 Å². The Morgan fingerprint density at radius 3 is 2.67 bits per heavy atom. The zero-order valence-corrected chi connectivity index (χ0v) is 12.9. The molecule has 3 heterocycles. The van der Waals surface area contributed by atoms with Crippen molar-refractivity contribution in [2.24, 2.45) is 5.92 Å². The Kier molecular flexibility index (Phi) is 3.20. The lowest BCUT2D eigenvalue weighted by Crippen LogP contribution is -2.61. The van der Waals surface area contributed by atoms with E-state index in [1.807, 2.05) is 0 Å². The summed E-state index contributed by atoms with van der Waals surface area (Å²) in [5, 5.41) is 8.97. The van der Waals surface area contributed by atoms with Crippen LogP contribution in [-0.4, -0.2) is 47.4 Å². The average Bonchev–Trinajstić information content (AvgIpc) is 3.07. The molecule has 1 saturated carbocycles. The van der Waals surface area contributed by atoms with Crippen LogP contribution in [0.4, 0.5) is 13.2 Å². The van der Waals surface area contributed by atoms with Gasteiger partial charge in [0, 0.05) is 37.3 Å². The lowest BCUT2D eigenvalue weighted by molar-refractivity contribution is -0.137. The highest BCUT2D eigenvalue weighted by molar-refractivity contribution is 5.95. The van der Waals surface area contributed by atoms with Crippen molar-refractivity contribution in [3.05, 3.63) is 34.9 Å². The average molecular weight is 335 g/mol. The summed E-state index contributed by atoms with van der Waals surface area (Å²) >= 11 is 0. The summed E-state index contributed by atoms with van der Waals surface area (Å²) in [6, 6.07) is 4.59. The monoisotopic (exact) mass is 335 g/mol. The van der Waals surface area contributed by atoms with E-state index in [1.165, 1.54) is 6.07 Å². The van der Waals surface area contributed by atoms with Crippen LogP contribution >= 0.6 is 0 Å². The van der Waals surface area contributed by atoms with Crippen LogP contribution in [0, 0.1) is 17.2 Å². The number of carbonyl (C=O) groups excluding carboxylic acids is 1. The lowest BCUT2D eigenvalue weighted by Gasteiger charge is -2.49. The van der Waals surface area contributed by atoms with Gasteiger partial charge in [0.2, 0.25) is 0 Å². The smallest absolute Gasteiger partial charge is 0.336 e. The van der Waals surface area contributed by atoms with Gasteiger partial charge >= 0.3 is 6.18 Å². The lowest BCUT2D eigenvalue weighted by atomic mass is 9.72. The van der Waals surface area contributed by atoms with E-state index in [2.05, 4.69) is 4.90 Å². The molecule has 5 rings (SSSR count). The second kappa shape index (κ2) is 4.96. The molecular weight excluding hydrogens is 319 g/mol. The Balaban J connectivity index is 1.61. The van der Waals surface area contributed by atoms with E-state index in [0.29, 0.717) is 19.0 Å². The molecule has 0 radical (unpaired) electrons. The summed E-state index contributed by atoms with van der Waals surface area (Å²) in [7, 11) is 0. The number of halogens is 3. The molecule has 1 aliphatic carbocycles. The Morgan fingerprint density at radius 1 is 1.25 bits per heavy atom. The van der Waals surface area contributed by atoms with E-state index in [1.54, 1.807) is 11.0 Å². The molecule has 3 aliphatic heterocycles. The molecule has 1 spiro atoms. The minimum absolute atomic E-state index is 0.0400. The molecule has 1 aromatic carbocycles. The predicted octanol–water partition coefficient (Wildman–Crippen LogP) is 2.50. The van der Waals surface area contributed by atoms with E-state index in [-0.39, 0.29) is 16.7 Å². The molecule has 126 valence electrons. The standard InChI is InChI=1S/C17H16F3N3O/c18-17(19,20)14-4-11(8-21)3-13(5-14)15(24)22-1-2-23-9-12-6-16(23,7-12)10-22/h3-5,12H,1-2,6-7,9-10H2. The number of nitriles is 1. The van der Waals surface area contributed by atoms with Crippen LogP contribution in [0.3, 0.4) is 0 Å². The van der Waals surface area contributed by atoms with Gasteiger partial charge in [0.05, 0.1) is 17.2 Å². The maximum absolute atomic E-state index is 13.0. The number of nitrogens with zero attached hydrogens (tertiary/aromatic N) is 3. The maximum Gasteiger partial charge on any atom is 0.416 e. The third-order valence-electron chi connectivity index (χ3n) is 5.54.